The van der Waals surface area contributed by atoms with Crippen LogP contribution in [0.4, 0.5) is 10.1 Å². The van der Waals surface area contributed by atoms with Crippen molar-refractivity contribution in [1.82, 2.24) is 9.97 Å². The van der Waals surface area contributed by atoms with Crippen molar-refractivity contribution in [3.05, 3.63) is 54.0 Å². The number of carbonyl (C=O) groups excluding carboxylic acids is 1. The van der Waals surface area contributed by atoms with Gasteiger partial charge in [0.25, 0.3) is 5.91 Å². The highest BCUT2D eigenvalue weighted by Gasteiger charge is 2.15. The van der Waals surface area contributed by atoms with Crippen molar-refractivity contribution in [3.63, 3.8) is 0 Å². The normalized spacial score (nSPS) is 10.4. The van der Waals surface area contributed by atoms with Gasteiger partial charge in [0.2, 0.25) is 11.6 Å². The van der Waals surface area contributed by atoms with Crippen LogP contribution in [-0.2, 0) is 4.79 Å². The van der Waals surface area contributed by atoms with E-state index in [2.05, 4.69) is 15.3 Å². The quantitative estimate of drug-likeness (QED) is 0.587. The number of rotatable bonds is 8. The fourth-order valence-electron chi connectivity index (χ4n) is 2.83. The van der Waals surface area contributed by atoms with E-state index >= 15 is 0 Å². The van der Waals surface area contributed by atoms with Crippen LogP contribution in [0.25, 0.3) is 11.4 Å². The number of nitrogens with one attached hydrogen (secondary N) is 1. The van der Waals surface area contributed by atoms with Crippen molar-refractivity contribution < 1.29 is 28.1 Å². The second-order valence-corrected chi connectivity index (χ2v) is 6.43. The summed E-state index contributed by atoms with van der Waals surface area (Å²) < 4.78 is 34.5. The van der Waals surface area contributed by atoms with Crippen molar-refractivity contribution in [2.45, 2.75) is 6.92 Å². The smallest absolute Gasteiger partial charge is 0.262 e. The highest BCUT2D eigenvalue weighted by atomic mass is 19.1. The third-order valence-corrected chi connectivity index (χ3v) is 4.23. The molecule has 1 amide bonds. The Morgan fingerprint density at radius 3 is 2.19 bits per heavy atom. The zero-order valence-corrected chi connectivity index (χ0v) is 17.6. The fraction of sp³-hybridized carbons (Fsp3) is 0.227. The van der Waals surface area contributed by atoms with E-state index in [1.807, 2.05) is 0 Å². The third-order valence-electron chi connectivity index (χ3n) is 4.23. The predicted molar refractivity (Wildman–Crippen MR) is 112 cm³/mol. The first-order valence-electron chi connectivity index (χ1n) is 9.27. The number of methoxy groups -OCH3 is 3. The third kappa shape index (κ3) is 5.39. The number of ether oxygens (including phenoxy) is 4. The van der Waals surface area contributed by atoms with Crippen LogP contribution >= 0.6 is 0 Å². The molecule has 0 radical (unpaired) electrons. The number of carbonyl (C=O) groups is 1. The largest absolute Gasteiger partial charge is 0.493 e. The molecule has 0 atom stereocenters. The molecule has 2 aromatic carbocycles. The van der Waals surface area contributed by atoms with E-state index in [1.54, 1.807) is 37.3 Å². The Balaban J connectivity index is 1.71. The van der Waals surface area contributed by atoms with Gasteiger partial charge in [-0.1, -0.05) is 0 Å². The van der Waals surface area contributed by atoms with Gasteiger partial charge < -0.3 is 24.3 Å². The molecule has 1 heterocycles. The maximum absolute atomic E-state index is 13.2. The van der Waals surface area contributed by atoms with Crippen LogP contribution < -0.4 is 24.3 Å². The van der Waals surface area contributed by atoms with E-state index in [1.165, 1.54) is 33.5 Å². The van der Waals surface area contributed by atoms with Crippen LogP contribution in [0.15, 0.2) is 42.5 Å². The average molecular weight is 427 g/mol. The van der Waals surface area contributed by atoms with Gasteiger partial charge in [-0.25, -0.2) is 9.37 Å². The molecule has 0 aliphatic heterocycles. The molecule has 0 bridgehead atoms. The number of aryl methyl sites for hydroxylation is 1. The molecular formula is C22H22FN3O5. The van der Waals surface area contributed by atoms with Crippen LogP contribution in [0, 0.1) is 12.7 Å². The summed E-state index contributed by atoms with van der Waals surface area (Å²) in [6, 6.07) is 10.6. The van der Waals surface area contributed by atoms with Gasteiger partial charge in [0.05, 0.1) is 21.3 Å². The van der Waals surface area contributed by atoms with Crippen LogP contribution in [-0.4, -0.2) is 43.8 Å². The number of nitrogens with zero attached hydrogens (tertiary/aromatic N) is 2. The summed E-state index contributed by atoms with van der Waals surface area (Å²) in [7, 11) is 4.47. The average Bonchev–Trinajstić information content (AvgIpc) is 2.77. The molecule has 9 heteroatoms. The number of anilines is 1. The molecule has 162 valence electrons. The summed E-state index contributed by atoms with van der Waals surface area (Å²) in [5, 5.41) is 2.72. The standard InChI is InChI=1S/C22H22FN3O5/c1-13-9-20(26-22(24-13)14-5-7-15(23)8-6-14)31-12-19(27)25-16-10-17(28-2)21(30-4)18(11-16)29-3/h5-11H,12H2,1-4H3,(H,25,27). The molecule has 0 spiro atoms. The number of benzene rings is 2. The van der Waals surface area contributed by atoms with Crippen molar-refractivity contribution in [1.29, 1.82) is 0 Å². The lowest BCUT2D eigenvalue weighted by molar-refractivity contribution is -0.118. The number of amides is 1. The lowest BCUT2D eigenvalue weighted by atomic mass is 10.2. The molecule has 0 saturated carbocycles. The Morgan fingerprint density at radius 2 is 1.61 bits per heavy atom. The highest BCUT2D eigenvalue weighted by molar-refractivity contribution is 5.92. The monoisotopic (exact) mass is 427 g/mol. The van der Waals surface area contributed by atoms with E-state index < -0.39 is 5.91 Å². The van der Waals surface area contributed by atoms with E-state index in [0.717, 1.165) is 0 Å². The molecule has 3 rings (SSSR count). The van der Waals surface area contributed by atoms with Crippen LogP contribution in [0.2, 0.25) is 0 Å². The maximum atomic E-state index is 13.2. The van der Waals surface area contributed by atoms with Crippen LogP contribution in [0.3, 0.4) is 0 Å². The van der Waals surface area contributed by atoms with E-state index in [9.17, 15) is 9.18 Å². The minimum atomic E-state index is -0.408. The summed E-state index contributed by atoms with van der Waals surface area (Å²) in [6.07, 6.45) is 0. The Kier molecular flexibility index (Phi) is 6.86. The second-order valence-electron chi connectivity index (χ2n) is 6.43. The second kappa shape index (κ2) is 9.75. The number of hydrogen-bond donors (Lipinski definition) is 1. The Morgan fingerprint density at radius 1 is 0.968 bits per heavy atom. The number of halogens is 1. The van der Waals surface area contributed by atoms with Gasteiger partial charge in [-0.2, -0.15) is 4.98 Å². The molecule has 1 aromatic heterocycles. The molecule has 1 N–H and O–H groups in total. The first-order chi connectivity index (χ1) is 14.9. The Hall–Kier alpha value is -3.88. The lowest BCUT2D eigenvalue weighted by Crippen LogP contribution is -2.20. The van der Waals surface area contributed by atoms with Gasteiger partial charge in [-0.15, -0.1) is 0 Å². The van der Waals surface area contributed by atoms with Crippen molar-refractivity contribution >= 4 is 11.6 Å². The van der Waals surface area contributed by atoms with Crippen molar-refractivity contribution in [2.75, 3.05) is 33.3 Å². The minimum Gasteiger partial charge on any atom is -0.493 e. The zero-order valence-electron chi connectivity index (χ0n) is 17.6. The zero-order chi connectivity index (χ0) is 22.4. The first-order valence-corrected chi connectivity index (χ1v) is 9.27. The molecule has 8 nitrogen and oxygen atoms in total. The van der Waals surface area contributed by atoms with Gasteiger partial charge in [0.15, 0.2) is 23.9 Å². The molecule has 0 fully saturated rings. The van der Waals surface area contributed by atoms with Gasteiger partial charge in [0, 0.05) is 35.1 Å². The number of aromatic nitrogens is 2. The maximum Gasteiger partial charge on any atom is 0.262 e. The van der Waals surface area contributed by atoms with Crippen molar-refractivity contribution in [3.8, 4) is 34.5 Å². The van der Waals surface area contributed by atoms with Crippen molar-refractivity contribution in [2.24, 2.45) is 0 Å². The van der Waals surface area contributed by atoms with Gasteiger partial charge >= 0.3 is 0 Å². The molecule has 0 saturated heterocycles. The molecule has 0 aliphatic carbocycles. The highest BCUT2D eigenvalue weighted by Crippen LogP contribution is 2.39. The fourth-order valence-corrected chi connectivity index (χ4v) is 2.83. The van der Waals surface area contributed by atoms with Crippen LogP contribution in [0.1, 0.15) is 5.69 Å². The van der Waals surface area contributed by atoms with Gasteiger partial charge in [-0.3, -0.25) is 4.79 Å². The Labute approximate surface area is 179 Å². The first kappa shape index (κ1) is 21.8. The molecule has 0 aliphatic rings. The SMILES string of the molecule is COc1cc(NC(=O)COc2cc(C)nc(-c3ccc(F)cc3)n2)cc(OC)c1OC. The van der Waals surface area contributed by atoms with E-state index in [4.69, 9.17) is 18.9 Å². The van der Waals surface area contributed by atoms with Gasteiger partial charge in [0.1, 0.15) is 5.82 Å². The summed E-state index contributed by atoms with van der Waals surface area (Å²) in [6.45, 7) is 1.49. The molecule has 0 unspecified atom stereocenters. The molecular weight excluding hydrogens is 405 g/mol. The van der Waals surface area contributed by atoms with Gasteiger partial charge in [-0.05, 0) is 31.2 Å². The summed E-state index contributed by atoms with van der Waals surface area (Å²) in [4.78, 5) is 21.0. The predicted octanol–water partition coefficient (Wildman–Crippen LogP) is 3.63. The summed E-state index contributed by atoms with van der Waals surface area (Å²) in [5.41, 5.74) is 1.74. The lowest BCUT2D eigenvalue weighted by Gasteiger charge is -2.14. The Bertz CT molecular complexity index is 1050. The number of hydrogen-bond acceptors (Lipinski definition) is 7. The molecule has 3 aromatic rings. The topological polar surface area (TPSA) is 91.8 Å². The molecule has 31 heavy (non-hydrogen) atoms. The minimum absolute atomic E-state index is 0.229. The van der Waals surface area contributed by atoms with E-state index in [0.29, 0.717) is 40.0 Å². The van der Waals surface area contributed by atoms with E-state index in [-0.39, 0.29) is 18.3 Å². The summed E-state index contributed by atoms with van der Waals surface area (Å²) >= 11 is 0. The summed E-state index contributed by atoms with van der Waals surface area (Å²) in [5.74, 6) is 1.09. The van der Waals surface area contributed by atoms with Crippen LogP contribution in [0.5, 0.6) is 23.1 Å².